The van der Waals surface area contributed by atoms with Gasteiger partial charge in [0.1, 0.15) is 6.67 Å². The third kappa shape index (κ3) is 2.85. The van der Waals surface area contributed by atoms with E-state index in [1.807, 2.05) is 0 Å². The summed E-state index contributed by atoms with van der Waals surface area (Å²) in [5.74, 6) is -1.38. The van der Waals surface area contributed by atoms with Gasteiger partial charge in [-0.2, -0.15) is 0 Å². The van der Waals surface area contributed by atoms with Crippen LogP contribution in [0.2, 0.25) is 0 Å². The number of carbonyl (C=O) groups is 1. The summed E-state index contributed by atoms with van der Waals surface area (Å²) in [7, 11) is 0. The number of aromatic nitrogens is 1. The van der Waals surface area contributed by atoms with Gasteiger partial charge in [-0.1, -0.05) is 6.08 Å². The number of rotatable bonds is 4. The van der Waals surface area contributed by atoms with E-state index in [1.54, 1.807) is 6.08 Å². The summed E-state index contributed by atoms with van der Waals surface area (Å²) in [4.78, 5) is 23.6. The standard InChI is InChI=1S/C14H14FNO4.Na/c15-8-14(2-3-14)16-6-10(13(18)19)5-11(12(16)17)9-1-4-20-7-9;/h1,5-6H,2-4,7-8H2,(H,18,19);/q;+1/p-1. The van der Waals surface area contributed by atoms with Crippen LogP contribution in [0, 0.1) is 0 Å². The van der Waals surface area contributed by atoms with Gasteiger partial charge < -0.3 is 19.2 Å². The molecule has 1 aliphatic heterocycles. The molecule has 0 amide bonds. The van der Waals surface area contributed by atoms with E-state index < -0.39 is 18.2 Å². The zero-order chi connectivity index (χ0) is 14.3. The second kappa shape index (κ2) is 6.04. The molecule has 21 heavy (non-hydrogen) atoms. The predicted molar refractivity (Wildman–Crippen MR) is 67.0 cm³/mol. The minimum absolute atomic E-state index is 0. The summed E-state index contributed by atoms with van der Waals surface area (Å²) in [6, 6.07) is 1.28. The number of halogens is 1. The summed E-state index contributed by atoms with van der Waals surface area (Å²) in [6.07, 6.45) is 3.99. The second-order valence-electron chi connectivity index (χ2n) is 5.21. The van der Waals surface area contributed by atoms with Crippen molar-refractivity contribution in [3.8, 4) is 0 Å². The number of nitrogens with zero attached hydrogens (tertiary/aromatic N) is 1. The molecule has 0 atom stereocenters. The molecule has 2 aliphatic rings. The molecule has 7 heteroatoms. The number of carbonyl (C=O) groups excluding carboxylic acids is 1. The molecule has 1 fully saturated rings. The second-order valence-corrected chi connectivity index (χ2v) is 5.21. The Hall–Kier alpha value is -0.950. The SMILES string of the molecule is O=C([O-])c1cc(C2=CCOC2)c(=O)n(C2(CF)CC2)c1.[Na+]. The molecule has 106 valence electrons. The molecule has 0 radical (unpaired) electrons. The van der Waals surface area contributed by atoms with E-state index in [-0.39, 0.29) is 52.9 Å². The molecule has 0 spiro atoms. The molecule has 5 nitrogen and oxygen atoms in total. The van der Waals surface area contributed by atoms with Crippen LogP contribution in [-0.4, -0.2) is 30.4 Å². The summed E-state index contributed by atoms with van der Waals surface area (Å²) in [5.41, 5.74) is -0.475. The van der Waals surface area contributed by atoms with Crippen molar-refractivity contribution >= 4 is 11.5 Å². The Bertz CT molecular complexity index is 663. The number of alkyl halides is 1. The maximum atomic E-state index is 13.2. The van der Waals surface area contributed by atoms with Crippen molar-refractivity contribution in [2.24, 2.45) is 0 Å². The van der Waals surface area contributed by atoms with Crippen molar-refractivity contribution in [3.05, 3.63) is 39.8 Å². The largest absolute Gasteiger partial charge is 1.00 e. The van der Waals surface area contributed by atoms with Gasteiger partial charge in [-0.3, -0.25) is 4.79 Å². The minimum atomic E-state index is -1.38. The average molecular weight is 301 g/mol. The molecule has 1 saturated carbocycles. The van der Waals surface area contributed by atoms with Crippen LogP contribution in [-0.2, 0) is 10.3 Å². The Morgan fingerprint density at radius 3 is 2.67 bits per heavy atom. The number of carboxylic acid groups (broad SMARTS) is 1. The number of hydrogen-bond donors (Lipinski definition) is 0. The van der Waals surface area contributed by atoms with Gasteiger partial charge in [-0.25, -0.2) is 4.39 Å². The summed E-state index contributed by atoms with van der Waals surface area (Å²) in [5, 5.41) is 11.1. The Morgan fingerprint density at radius 1 is 1.48 bits per heavy atom. The third-order valence-corrected chi connectivity index (χ3v) is 3.89. The van der Waals surface area contributed by atoms with Crippen LogP contribution in [0.4, 0.5) is 4.39 Å². The minimum Gasteiger partial charge on any atom is -0.545 e. The molecule has 0 saturated heterocycles. The van der Waals surface area contributed by atoms with Gasteiger partial charge in [0, 0.05) is 17.3 Å². The molecular weight excluding hydrogens is 288 g/mol. The molecule has 1 aliphatic carbocycles. The molecular formula is C14H13FNNaO4. The number of pyridine rings is 1. The molecule has 3 rings (SSSR count). The number of hydrogen-bond acceptors (Lipinski definition) is 4. The Morgan fingerprint density at radius 2 is 2.19 bits per heavy atom. The topological polar surface area (TPSA) is 71.4 Å². The van der Waals surface area contributed by atoms with Crippen LogP contribution in [0.25, 0.3) is 5.57 Å². The van der Waals surface area contributed by atoms with Gasteiger partial charge in [-0.05, 0) is 24.5 Å². The Balaban J connectivity index is 0.00000161. The summed E-state index contributed by atoms with van der Waals surface area (Å²) >= 11 is 0. The van der Waals surface area contributed by atoms with Crippen LogP contribution in [0.3, 0.4) is 0 Å². The van der Waals surface area contributed by atoms with Gasteiger partial charge in [0.15, 0.2) is 0 Å². The molecule has 1 aromatic rings. The van der Waals surface area contributed by atoms with E-state index in [0.29, 0.717) is 25.0 Å². The summed E-state index contributed by atoms with van der Waals surface area (Å²) < 4.78 is 19.6. The fourth-order valence-corrected chi connectivity index (χ4v) is 2.43. The Labute approximate surface area is 142 Å². The van der Waals surface area contributed by atoms with Gasteiger partial charge >= 0.3 is 29.6 Å². The van der Waals surface area contributed by atoms with Gasteiger partial charge in [0.05, 0.1) is 24.7 Å². The molecule has 0 bridgehead atoms. The van der Waals surface area contributed by atoms with Crippen molar-refractivity contribution in [2.45, 2.75) is 18.4 Å². The van der Waals surface area contributed by atoms with Crippen LogP contribution in [0.1, 0.15) is 28.8 Å². The van der Waals surface area contributed by atoms with Gasteiger partial charge in [0.2, 0.25) is 0 Å². The fraction of sp³-hybridized carbons (Fsp3) is 0.429. The van der Waals surface area contributed by atoms with E-state index in [9.17, 15) is 19.1 Å². The number of aromatic carboxylic acids is 1. The smallest absolute Gasteiger partial charge is 0.545 e. The normalized spacial score (nSPS) is 18.8. The van der Waals surface area contributed by atoms with Crippen LogP contribution in [0.15, 0.2) is 23.1 Å². The van der Waals surface area contributed by atoms with E-state index in [2.05, 4.69) is 0 Å². The quantitative estimate of drug-likeness (QED) is 0.559. The van der Waals surface area contributed by atoms with E-state index >= 15 is 0 Å². The zero-order valence-electron chi connectivity index (χ0n) is 11.7. The number of ether oxygens (including phenoxy) is 1. The molecule has 0 aromatic carbocycles. The van der Waals surface area contributed by atoms with Gasteiger partial charge in [-0.15, -0.1) is 0 Å². The maximum absolute atomic E-state index is 13.2. The van der Waals surface area contributed by atoms with Crippen molar-refractivity contribution in [1.82, 2.24) is 4.57 Å². The first-order valence-electron chi connectivity index (χ1n) is 6.39. The monoisotopic (exact) mass is 301 g/mol. The van der Waals surface area contributed by atoms with Crippen molar-refractivity contribution < 1.29 is 48.6 Å². The first-order chi connectivity index (χ1) is 9.57. The van der Waals surface area contributed by atoms with Crippen molar-refractivity contribution in [2.75, 3.05) is 19.9 Å². The summed E-state index contributed by atoms with van der Waals surface area (Å²) in [6.45, 7) is -0.0364. The first kappa shape index (κ1) is 16.4. The third-order valence-electron chi connectivity index (χ3n) is 3.89. The van der Waals surface area contributed by atoms with E-state index in [4.69, 9.17) is 4.74 Å². The van der Waals surface area contributed by atoms with Crippen LogP contribution < -0.4 is 40.2 Å². The Kier molecular flexibility index (Phi) is 4.72. The van der Waals surface area contributed by atoms with E-state index in [1.165, 1.54) is 16.8 Å². The van der Waals surface area contributed by atoms with Crippen LogP contribution in [0.5, 0.6) is 0 Å². The maximum Gasteiger partial charge on any atom is 1.00 e. The average Bonchev–Trinajstić information content (AvgIpc) is 3.04. The predicted octanol–water partition coefficient (Wildman–Crippen LogP) is -2.91. The van der Waals surface area contributed by atoms with Crippen LogP contribution >= 0.6 is 0 Å². The molecule has 0 unspecified atom stereocenters. The first-order valence-corrected chi connectivity index (χ1v) is 6.39. The van der Waals surface area contributed by atoms with Gasteiger partial charge in [0.25, 0.3) is 5.56 Å². The fourth-order valence-electron chi connectivity index (χ4n) is 2.43. The molecule has 1 aromatic heterocycles. The zero-order valence-corrected chi connectivity index (χ0v) is 13.7. The number of carboxylic acids is 1. The molecule has 0 N–H and O–H groups in total. The van der Waals surface area contributed by atoms with Crippen molar-refractivity contribution in [3.63, 3.8) is 0 Å². The van der Waals surface area contributed by atoms with Crippen molar-refractivity contribution in [1.29, 1.82) is 0 Å². The van der Waals surface area contributed by atoms with E-state index in [0.717, 1.165) is 0 Å². The molecule has 2 heterocycles.